The molecule has 2 saturated heterocycles. The van der Waals surface area contributed by atoms with Crippen LogP contribution in [0.1, 0.15) is 35.3 Å². The van der Waals surface area contributed by atoms with Crippen LogP contribution in [0.4, 0.5) is 20.6 Å². The van der Waals surface area contributed by atoms with E-state index in [1.165, 1.54) is 6.07 Å². The number of hydrogen-bond donors (Lipinski definition) is 1. The summed E-state index contributed by atoms with van der Waals surface area (Å²) in [6.07, 6.45) is 0.555. The standard InChI is InChI=1S/C28H26ClFN4O3/c1-28-17-23(21-16-19(29)8-11-25(21)37-28)31-27(36)34(28)20-9-6-18(7-10-20)26(35)33-14-12-32(13-15-33)24-5-3-2-4-22(24)30/h2-11,16,23H,12-15,17H2,1H3,(H,31,36). The summed E-state index contributed by atoms with van der Waals surface area (Å²) in [5, 5.41) is 3.65. The van der Waals surface area contributed by atoms with E-state index in [1.54, 1.807) is 52.3 Å². The Balaban J connectivity index is 1.17. The first kappa shape index (κ1) is 23.6. The van der Waals surface area contributed by atoms with E-state index in [2.05, 4.69) is 5.32 Å². The second-order valence-electron chi connectivity index (χ2n) is 9.78. The molecule has 3 heterocycles. The molecular formula is C28H26ClFN4O3. The van der Waals surface area contributed by atoms with Crippen molar-refractivity contribution in [3.63, 3.8) is 0 Å². The molecule has 190 valence electrons. The van der Waals surface area contributed by atoms with Gasteiger partial charge in [0.1, 0.15) is 11.6 Å². The van der Waals surface area contributed by atoms with E-state index >= 15 is 0 Å². The number of hydrogen-bond acceptors (Lipinski definition) is 4. The van der Waals surface area contributed by atoms with Crippen molar-refractivity contribution in [2.75, 3.05) is 36.0 Å². The Labute approximate surface area is 219 Å². The Hall–Kier alpha value is -3.78. The zero-order valence-corrected chi connectivity index (χ0v) is 21.0. The molecule has 2 atom stereocenters. The number of halogens is 2. The van der Waals surface area contributed by atoms with Crippen LogP contribution in [-0.2, 0) is 0 Å². The molecule has 3 aliphatic heterocycles. The van der Waals surface area contributed by atoms with Crippen molar-refractivity contribution in [3.8, 4) is 5.75 Å². The van der Waals surface area contributed by atoms with Crippen LogP contribution in [0.5, 0.6) is 5.75 Å². The summed E-state index contributed by atoms with van der Waals surface area (Å²) >= 11 is 6.16. The molecular weight excluding hydrogens is 495 g/mol. The Bertz CT molecular complexity index is 1380. The number of nitrogens with zero attached hydrogens (tertiary/aromatic N) is 3. The molecule has 0 aromatic heterocycles. The fourth-order valence-electron chi connectivity index (χ4n) is 5.53. The maximum absolute atomic E-state index is 14.1. The average Bonchev–Trinajstić information content (AvgIpc) is 2.89. The minimum absolute atomic E-state index is 0.0890. The first-order valence-electron chi connectivity index (χ1n) is 12.3. The number of rotatable bonds is 3. The van der Waals surface area contributed by atoms with Crippen LogP contribution in [0.15, 0.2) is 66.7 Å². The van der Waals surface area contributed by atoms with Crippen molar-refractivity contribution in [1.29, 1.82) is 0 Å². The maximum atomic E-state index is 14.1. The number of nitrogens with one attached hydrogen (secondary N) is 1. The summed E-state index contributed by atoms with van der Waals surface area (Å²) in [7, 11) is 0. The summed E-state index contributed by atoms with van der Waals surface area (Å²) in [4.78, 5) is 31.6. The van der Waals surface area contributed by atoms with E-state index in [0.717, 1.165) is 5.56 Å². The van der Waals surface area contributed by atoms with Crippen LogP contribution in [0, 0.1) is 5.82 Å². The van der Waals surface area contributed by atoms with Gasteiger partial charge in [0, 0.05) is 54.4 Å². The first-order chi connectivity index (χ1) is 17.8. The Morgan fingerprint density at radius 2 is 1.78 bits per heavy atom. The van der Waals surface area contributed by atoms with Gasteiger partial charge < -0.3 is 19.9 Å². The van der Waals surface area contributed by atoms with E-state index < -0.39 is 5.72 Å². The van der Waals surface area contributed by atoms with Gasteiger partial charge in [0.25, 0.3) is 5.91 Å². The lowest BCUT2D eigenvalue weighted by atomic mass is 9.90. The molecule has 3 amide bonds. The van der Waals surface area contributed by atoms with Crippen molar-refractivity contribution in [3.05, 3.63) is 88.7 Å². The number of carbonyl (C=O) groups is 2. The Morgan fingerprint density at radius 3 is 2.51 bits per heavy atom. The lowest BCUT2D eigenvalue weighted by Crippen LogP contribution is -2.65. The minimum atomic E-state index is -0.887. The SMILES string of the molecule is CC12CC(NC(=O)N1c1ccc(C(=O)N3CCN(c4ccccc4F)CC3)cc1)c1cc(Cl)ccc1O2. The summed E-state index contributed by atoms with van der Waals surface area (Å²) in [6.45, 7) is 4.01. The third-order valence-electron chi connectivity index (χ3n) is 7.37. The van der Waals surface area contributed by atoms with Crippen LogP contribution in [0.2, 0.25) is 5.02 Å². The molecule has 3 aromatic rings. The number of fused-ring (bicyclic) bond motifs is 4. The van der Waals surface area contributed by atoms with Gasteiger partial charge in [-0.05, 0) is 61.5 Å². The van der Waals surface area contributed by atoms with E-state index in [0.29, 0.717) is 60.3 Å². The van der Waals surface area contributed by atoms with Gasteiger partial charge in [0.05, 0.1) is 11.7 Å². The van der Waals surface area contributed by atoms with Crippen molar-refractivity contribution in [1.82, 2.24) is 10.2 Å². The van der Waals surface area contributed by atoms with Crippen LogP contribution in [-0.4, -0.2) is 48.7 Å². The van der Waals surface area contributed by atoms with Crippen LogP contribution in [0.25, 0.3) is 0 Å². The molecule has 0 saturated carbocycles. The normalized spacial score (nSPS) is 22.7. The Morgan fingerprint density at radius 1 is 1.05 bits per heavy atom. The van der Waals surface area contributed by atoms with Gasteiger partial charge in [0.15, 0.2) is 5.72 Å². The smallest absolute Gasteiger partial charge is 0.325 e. The number of urea groups is 1. The molecule has 3 aliphatic rings. The molecule has 7 nitrogen and oxygen atoms in total. The van der Waals surface area contributed by atoms with Gasteiger partial charge in [0.2, 0.25) is 0 Å². The second-order valence-corrected chi connectivity index (χ2v) is 10.2. The molecule has 0 aliphatic carbocycles. The highest BCUT2D eigenvalue weighted by atomic mass is 35.5. The van der Waals surface area contributed by atoms with Gasteiger partial charge in [-0.1, -0.05) is 23.7 Å². The monoisotopic (exact) mass is 520 g/mol. The van der Waals surface area contributed by atoms with Crippen LogP contribution in [0.3, 0.4) is 0 Å². The van der Waals surface area contributed by atoms with E-state index in [1.807, 2.05) is 30.0 Å². The van der Waals surface area contributed by atoms with Gasteiger partial charge >= 0.3 is 6.03 Å². The zero-order valence-electron chi connectivity index (χ0n) is 20.3. The first-order valence-corrected chi connectivity index (χ1v) is 12.7. The average molecular weight is 521 g/mol. The highest BCUT2D eigenvalue weighted by Crippen LogP contribution is 2.46. The fourth-order valence-corrected chi connectivity index (χ4v) is 5.71. The minimum Gasteiger partial charge on any atom is -0.467 e. The number of anilines is 2. The molecule has 0 radical (unpaired) electrons. The van der Waals surface area contributed by atoms with Gasteiger partial charge in [-0.25, -0.2) is 9.18 Å². The summed E-state index contributed by atoms with van der Waals surface area (Å²) in [5.74, 6) is 0.345. The van der Waals surface area contributed by atoms with E-state index in [-0.39, 0.29) is 23.8 Å². The largest absolute Gasteiger partial charge is 0.467 e. The molecule has 3 aromatic carbocycles. The summed E-state index contributed by atoms with van der Waals surface area (Å²) < 4.78 is 20.4. The number of ether oxygens (including phenoxy) is 1. The van der Waals surface area contributed by atoms with Gasteiger partial charge in [-0.3, -0.25) is 9.69 Å². The van der Waals surface area contributed by atoms with E-state index in [9.17, 15) is 14.0 Å². The third-order valence-corrected chi connectivity index (χ3v) is 7.60. The van der Waals surface area contributed by atoms with Gasteiger partial charge in [-0.2, -0.15) is 0 Å². The highest BCUT2D eigenvalue weighted by molar-refractivity contribution is 6.30. The molecule has 1 N–H and O–H groups in total. The van der Waals surface area contributed by atoms with Crippen molar-refractivity contribution >= 4 is 34.9 Å². The van der Waals surface area contributed by atoms with Crippen LogP contribution >= 0.6 is 11.6 Å². The Kier molecular flexibility index (Phi) is 5.71. The number of amides is 3. The lowest BCUT2D eigenvalue weighted by Gasteiger charge is -2.50. The predicted octanol–water partition coefficient (Wildman–Crippen LogP) is 5.21. The van der Waals surface area contributed by atoms with Gasteiger partial charge in [-0.15, -0.1) is 0 Å². The summed E-state index contributed by atoms with van der Waals surface area (Å²) in [6, 6.07) is 18.7. The van der Waals surface area contributed by atoms with Crippen molar-refractivity contribution in [2.24, 2.45) is 0 Å². The summed E-state index contributed by atoms with van der Waals surface area (Å²) in [5.41, 5.74) is 1.71. The second kappa shape index (κ2) is 8.95. The molecule has 37 heavy (non-hydrogen) atoms. The quantitative estimate of drug-likeness (QED) is 0.515. The number of piperazine rings is 1. The zero-order chi connectivity index (χ0) is 25.7. The van der Waals surface area contributed by atoms with E-state index in [4.69, 9.17) is 16.3 Å². The lowest BCUT2D eigenvalue weighted by molar-refractivity contribution is 0.0379. The highest BCUT2D eigenvalue weighted by Gasteiger charge is 2.49. The molecule has 0 spiro atoms. The fraction of sp³-hybridized carbons (Fsp3) is 0.286. The number of carbonyl (C=O) groups excluding carboxylic acids is 2. The third kappa shape index (κ3) is 4.15. The molecule has 2 unspecified atom stereocenters. The molecule has 6 rings (SSSR count). The molecule has 2 fully saturated rings. The number of benzene rings is 3. The van der Waals surface area contributed by atoms with Crippen LogP contribution < -0.4 is 19.9 Å². The topological polar surface area (TPSA) is 65.1 Å². The van der Waals surface area contributed by atoms with Crippen molar-refractivity contribution < 1.29 is 18.7 Å². The van der Waals surface area contributed by atoms with Crippen molar-refractivity contribution in [2.45, 2.75) is 25.1 Å². The number of para-hydroxylation sites is 1. The molecule has 2 bridgehead atoms. The molecule has 9 heteroatoms. The maximum Gasteiger partial charge on any atom is 0.325 e. The predicted molar refractivity (Wildman–Crippen MR) is 140 cm³/mol.